The van der Waals surface area contributed by atoms with E-state index in [1.165, 1.54) is 4.31 Å². The maximum Gasteiger partial charge on any atom is 0.243 e. The molecule has 0 radical (unpaired) electrons. The summed E-state index contributed by atoms with van der Waals surface area (Å²) in [6.07, 6.45) is 0.795. The van der Waals surface area contributed by atoms with Crippen molar-refractivity contribution in [2.24, 2.45) is 5.92 Å². The maximum absolute atomic E-state index is 12.9. The van der Waals surface area contributed by atoms with E-state index in [4.69, 9.17) is 9.47 Å². The molecule has 1 fully saturated rings. The predicted octanol–water partition coefficient (Wildman–Crippen LogP) is 2.69. The first kappa shape index (κ1) is 21.6. The zero-order valence-corrected chi connectivity index (χ0v) is 18.7. The van der Waals surface area contributed by atoms with Crippen molar-refractivity contribution in [1.29, 1.82) is 0 Å². The highest BCUT2D eigenvalue weighted by Crippen LogP contribution is 2.31. The molecule has 7 nitrogen and oxygen atoms in total. The number of rotatable bonds is 5. The maximum atomic E-state index is 12.9. The van der Waals surface area contributed by atoms with Crippen LogP contribution in [0.3, 0.4) is 0 Å². The van der Waals surface area contributed by atoms with Crippen LogP contribution in [0.15, 0.2) is 53.4 Å². The van der Waals surface area contributed by atoms with Crippen LogP contribution >= 0.6 is 0 Å². The number of piperidine rings is 1. The third-order valence-electron chi connectivity index (χ3n) is 5.88. The van der Waals surface area contributed by atoms with Crippen LogP contribution in [-0.4, -0.2) is 62.9 Å². The molecule has 31 heavy (non-hydrogen) atoms. The number of para-hydroxylation sites is 2. The van der Waals surface area contributed by atoms with Gasteiger partial charge in [-0.1, -0.05) is 29.8 Å². The second-order valence-corrected chi connectivity index (χ2v) is 10.1. The lowest BCUT2D eigenvalue weighted by atomic mass is 9.96. The number of ether oxygens (including phenoxy) is 2. The molecule has 1 saturated heterocycles. The Labute approximate surface area is 183 Å². The van der Waals surface area contributed by atoms with Crippen molar-refractivity contribution in [3.8, 4) is 11.5 Å². The highest BCUT2D eigenvalue weighted by molar-refractivity contribution is 7.89. The van der Waals surface area contributed by atoms with E-state index in [0.29, 0.717) is 49.7 Å². The number of aryl methyl sites for hydroxylation is 1. The second-order valence-electron chi connectivity index (χ2n) is 8.21. The summed E-state index contributed by atoms with van der Waals surface area (Å²) in [7, 11) is -1.76. The smallest absolute Gasteiger partial charge is 0.243 e. The summed E-state index contributed by atoms with van der Waals surface area (Å²) in [5, 5.41) is 0. The minimum absolute atomic E-state index is 0.0230. The van der Waals surface area contributed by atoms with Gasteiger partial charge in [0.25, 0.3) is 0 Å². The molecule has 4 rings (SSSR count). The van der Waals surface area contributed by atoms with Crippen molar-refractivity contribution < 1.29 is 22.7 Å². The molecule has 0 saturated carbocycles. The summed E-state index contributed by atoms with van der Waals surface area (Å²) in [5.74, 6) is 1.24. The number of benzene rings is 2. The molecule has 2 aromatic rings. The first-order valence-electron chi connectivity index (χ1n) is 10.5. The van der Waals surface area contributed by atoms with Gasteiger partial charge in [0.2, 0.25) is 15.9 Å². The zero-order chi connectivity index (χ0) is 22.0. The van der Waals surface area contributed by atoms with Crippen molar-refractivity contribution >= 4 is 15.9 Å². The molecule has 2 aliphatic rings. The number of hydrogen-bond acceptors (Lipinski definition) is 5. The van der Waals surface area contributed by atoms with Gasteiger partial charge >= 0.3 is 0 Å². The van der Waals surface area contributed by atoms with Gasteiger partial charge in [-0.3, -0.25) is 4.79 Å². The SMILES string of the molecule is Cc1ccc(S(=O)(=O)N2CCC(C(=O)N(C)CC3COc4ccccc4O3)CC2)cc1. The molecule has 0 bridgehead atoms. The number of amides is 1. The molecule has 0 aliphatic carbocycles. The number of carbonyl (C=O) groups is 1. The molecule has 2 aromatic carbocycles. The Bertz CT molecular complexity index is 1030. The first-order valence-corrected chi connectivity index (χ1v) is 12.0. The molecule has 0 spiro atoms. The van der Waals surface area contributed by atoms with E-state index in [1.807, 2.05) is 31.2 Å². The van der Waals surface area contributed by atoms with Crippen LogP contribution in [0.25, 0.3) is 0 Å². The second kappa shape index (κ2) is 8.88. The Morgan fingerprint density at radius 1 is 1.06 bits per heavy atom. The van der Waals surface area contributed by atoms with Crippen LogP contribution < -0.4 is 9.47 Å². The summed E-state index contributed by atoms with van der Waals surface area (Å²) in [5.41, 5.74) is 1.02. The highest BCUT2D eigenvalue weighted by Gasteiger charge is 2.34. The van der Waals surface area contributed by atoms with E-state index in [9.17, 15) is 13.2 Å². The van der Waals surface area contributed by atoms with Crippen molar-refractivity contribution in [3.05, 3.63) is 54.1 Å². The van der Waals surface area contributed by atoms with Gasteiger partial charge in [0, 0.05) is 26.1 Å². The van der Waals surface area contributed by atoms with Crippen molar-refractivity contribution in [2.75, 3.05) is 33.3 Å². The molecule has 1 amide bonds. The highest BCUT2D eigenvalue weighted by atomic mass is 32.2. The lowest BCUT2D eigenvalue weighted by Crippen LogP contribution is -2.47. The average molecular weight is 445 g/mol. The largest absolute Gasteiger partial charge is 0.486 e. The van der Waals surface area contributed by atoms with Crippen molar-refractivity contribution in [2.45, 2.75) is 30.8 Å². The molecule has 0 aromatic heterocycles. The standard InChI is InChI=1S/C23H28N2O5S/c1-17-7-9-20(10-8-17)31(27,28)25-13-11-18(12-14-25)23(26)24(2)15-19-16-29-21-5-3-4-6-22(21)30-19/h3-10,18-19H,11-16H2,1-2H3. The van der Waals surface area contributed by atoms with Crippen LogP contribution in [0.2, 0.25) is 0 Å². The van der Waals surface area contributed by atoms with Gasteiger partial charge < -0.3 is 14.4 Å². The summed E-state index contributed by atoms with van der Waals surface area (Å²) >= 11 is 0. The number of sulfonamides is 1. The van der Waals surface area contributed by atoms with E-state index in [-0.39, 0.29) is 17.9 Å². The Kier molecular flexibility index (Phi) is 6.20. The van der Waals surface area contributed by atoms with Gasteiger partial charge in [-0.05, 0) is 44.0 Å². The van der Waals surface area contributed by atoms with Crippen LogP contribution in [0.1, 0.15) is 18.4 Å². The fraction of sp³-hybridized carbons (Fsp3) is 0.435. The quantitative estimate of drug-likeness (QED) is 0.709. The average Bonchev–Trinajstić information content (AvgIpc) is 2.79. The minimum Gasteiger partial charge on any atom is -0.486 e. The monoisotopic (exact) mass is 444 g/mol. The summed E-state index contributed by atoms with van der Waals surface area (Å²) < 4.78 is 38.9. The molecule has 0 N–H and O–H groups in total. The van der Waals surface area contributed by atoms with Crippen LogP contribution in [-0.2, 0) is 14.8 Å². The van der Waals surface area contributed by atoms with Gasteiger partial charge in [0.05, 0.1) is 11.4 Å². The van der Waals surface area contributed by atoms with E-state index in [2.05, 4.69) is 0 Å². The summed E-state index contributed by atoms with van der Waals surface area (Å²) in [6.45, 7) is 3.43. The number of fused-ring (bicyclic) bond motifs is 1. The summed E-state index contributed by atoms with van der Waals surface area (Å²) in [6, 6.07) is 14.4. The number of carbonyl (C=O) groups excluding carboxylic acids is 1. The third kappa shape index (κ3) is 4.70. The van der Waals surface area contributed by atoms with Gasteiger partial charge in [0.1, 0.15) is 6.61 Å². The molecule has 1 atom stereocenters. The lowest BCUT2D eigenvalue weighted by Gasteiger charge is -2.34. The lowest BCUT2D eigenvalue weighted by molar-refractivity contribution is -0.136. The fourth-order valence-corrected chi connectivity index (χ4v) is 5.53. The third-order valence-corrected chi connectivity index (χ3v) is 7.80. The van der Waals surface area contributed by atoms with Gasteiger partial charge in [-0.2, -0.15) is 4.31 Å². The minimum atomic E-state index is -3.53. The Morgan fingerprint density at radius 3 is 2.39 bits per heavy atom. The van der Waals surface area contributed by atoms with E-state index in [0.717, 1.165) is 11.3 Å². The Morgan fingerprint density at radius 2 is 1.71 bits per heavy atom. The van der Waals surface area contributed by atoms with E-state index in [1.54, 1.807) is 36.2 Å². The van der Waals surface area contributed by atoms with E-state index < -0.39 is 10.0 Å². The number of hydrogen-bond donors (Lipinski definition) is 0. The van der Waals surface area contributed by atoms with Gasteiger partial charge in [-0.15, -0.1) is 0 Å². The number of nitrogens with zero attached hydrogens (tertiary/aromatic N) is 2. The zero-order valence-electron chi connectivity index (χ0n) is 17.9. The molecule has 8 heteroatoms. The van der Waals surface area contributed by atoms with Crippen LogP contribution in [0, 0.1) is 12.8 Å². The van der Waals surface area contributed by atoms with Crippen molar-refractivity contribution in [1.82, 2.24) is 9.21 Å². The fourth-order valence-electron chi connectivity index (χ4n) is 4.06. The first-order chi connectivity index (χ1) is 14.8. The van der Waals surface area contributed by atoms with Gasteiger partial charge in [-0.25, -0.2) is 8.42 Å². The van der Waals surface area contributed by atoms with Crippen LogP contribution in [0.5, 0.6) is 11.5 Å². The molecule has 2 aliphatic heterocycles. The van der Waals surface area contributed by atoms with Crippen molar-refractivity contribution in [3.63, 3.8) is 0 Å². The topological polar surface area (TPSA) is 76.2 Å². The molecule has 2 heterocycles. The summed E-state index contributed by atoms with van der Waals surface area (Å²) in [4.78, 5) is 14.9. The Hall–Kier alpha value is -2.58. The van der Waals surface area contributed by atoms with Gasteiger partial charge in [0.15, 0.2) is 17.6 Å². The van der Waals surface area contributed by atoms with E-state index >= 15 is 0 Å². The molecule has 166 valence electrons. The molecule has 1 unspecified atom stereocenters. The Balaban J connectivity index is 1.31. The number of likely N-dealkylation sites (N-methyl/N-ethyl adjacent to an activating group) is 1. The normalized spacial score (nSPS) is 19.7. The molecular formula is C23H28N2O5S. The predicted molar refractivity (Wildman–Crippen MR) is 117 cm³/mol. The van der Waals surface area contributed by atoms with Crippen LogP contribution in [0.4, 0.5) is 0 Å². The molecular weight excluding hydrogens is 416 g/mol.